The van der Waals surface area contributed by atoms with Crippen molar-refractivity contribution in [3.8, 4) is 11.1 Å². The highest BCUT2D eigenvalue weighted by Crippen LogP contribution is 2.27. The molecular weight excluding hydrogens is 422 g/mol. The van der Waals surface area contributed by atoms with Gasteiger partial charge in [-0.25, -0.2) is 0 Å². The van der Waals surface area contributed by atoms with Gasteiger partial charge in [-0.05, 0) is 53.2 Å². The van der Waals surface area contributed by atoms with E-state index in [2.05, 4.69) is 79.8 Å². The number of rotatable bonds is 7. The van der Waals surface area contributed by atoms with E-state index in [1.54, 1.807) is 0 Å². The molecule has 170 valence electrons. The van der Waals surface area contributed by atoms with Gasteiger partial charge in [-0.3, -0.25) is 0 Å². The summed E-state index contributed by atoms with van der Waals surface area (Å²) in [6.07, 6.45) is 2.04. The van der Waals surface area contributed by atoms with Crippen molar-refractivity contribution in [3.05, 3.63) is 101 Å². The van der Waals surface area contributed by atoms with E-state index in [0.717, 1.165) is 35.1 Å². The summed E-state index contributed by atoms with van der Waals surface area (Å²) in [5.74, 6) is 0.521. The molecule has 1 atom stereocenters. The van der Waals surface area contributed by atoms with Crippen LogP contribution in [0.4, 0.5) is 0 Å². The quantitative estimate of drug-likeness (QED) is 0.266. The first-order valence-corrected chi connectivity index (χ1v) is 12.1. The van der Waals surface area contributed by atoms with Gasteiger partial charge < -0.3 is 4.57 Å². The molecule has 3 aromatic carbocycles. The van der Waals surface area contributed by atoms with Gasteiger partial charge >= 0.3 is 0 Å². The highest BCUT2D eigenvalue weighted by Gasteiger charge is 2.10. The first-order chi connectivity index (χ1) is 15.9. The Morgan fingerprint density at radius 3 is 1.82 bits per heavy atom. The zero-order chi connectivity index (χ0) is 24.0. The lowest BCUT2D eigenvalue weighted by Gasteiger charge is -2.15. The lowest BCUT2D eigenvalue weighted by Crippen LogP contribution is -2.26. The summed E-state index contributed by atoms with van der Waals surface area (Å²) in [7, 11) is 0. The van der Waals surface area contributed by atoms with Gasteiger partial charge in [0.25, 0.3) is 0 Å². The summed E-state index contributed by atoms with van der Waals surface area (Å²) in [5.41, 5.74) is 4.73. The fourth-order valence-corrected chi connectivity index (χ4v) is 4.37. The predicted molar refractivity (Wildman–Crippen MR) is 148 cm³/mol. The second-order valence-electron chi connectivity index (χ2n) is 8.38. The molecule has 0 aliphatic carbocycles. The zero-order valence-electron chi connectivity index (χ0n) is 20.1. The Kier molecular flexibility index (Phi) is 8.36. The van der Waals surface area contributed by atoms with E-state index in [1.165, 1.54) is 33.0 Å². The van der Waals surface area contributed by atoms with Crippen LogP contribution in [-0.2, 0) is 6.54 Å². The Morgan fingerprint density at radius 2 is 1.30 bits per heavy atom. The summed E-state index contributed by atoms with van der Waals surface area (Å²) >= 11 is 6.00. The van der Waals surface area contributed by atoms with Crippen LogP contribution in [0.25, 0.3) is 40.6 Å². The van der Waals surface area contributed by atoms with E-state index in [-0.39, 0.29) is 0 Å². The fraction of sp³-hybridized carbons (Fsp3) is 0.226. The molecule has 0 aliphatic heterocycles. The first-order valence-electron chi connectivity index (χ1n) is 11.7. The number of allylic oxidation sites excluding steroid dienone is 1. The highest BCUT2D eigenvalue weighted by molar-refractivity contribution is 6.30. The van der Waals surface area contributed by atoms with E-state index in [9.17, 15) is 0 Å². The maximum atomic E-state index is 6.00. The first kappa shape index (κ1) is 24.6. The largest absolute Gasteiger partial charge is 0.341 e. The Balaban J connectivity index is 0.00000149. The lowest BCUT2D eigenvalue weighted by atomic mass is 9.93. The minimum Gasteiger partial charge on any atom is -0.341 e. The Morgan fingerprint density at radius 1 is 0.818 bits per heavy atom. The topological polar surface area (TPSA) is 4.93 Å². The fourth-order valence-electron chi connectivity index (χ4n) is 4.24. The Bertz CT molecular complexity index is 1260. The SMILES string of the molecule is C=C(CC(C)CCn1c(=C)c2ccccc2c1=C)c1ccc(-c2ccc(Cl)cc2)cc1.CC. The molecule has 0 bridgehead atoms. The maximum absolute atomic E-state index is 6.00. The molecule has 1 nitrogen and oxygen atoms in total. The molecule has 33 heavy (non-hydrogen) atoms. The van der Waals surface area contributed by atoms with Crippen molar-refractivity contribution in [3.63, 3.8) is 0 Å². The zero-order valence-corrected chi connectivity index (χ0v) is 20.8. The van der Waals surface area contributed by atoms with Crippen molar-refractivity contribution in [2.24, 2.45) is 5.92 Å². The van der Waals surface area contributed by atoms with Crippen LogP contribution < -0.4 is 10.7 Å². The summed E-state index contributed by atoms with van der Waals surface area (Å²) in [4.78, 5) is 0. The standard InChI is InChI=1S/C29H28ClN.C2H6/c1-20(17-18-31-22(3)28-7-5-6-8-29(28)23(31)4)19-21(2)24-9-11-25(12-10-24)26-13-15-27(30)16-14-26;1-2/h5-16,20H,2-4,17-19H2,1H3;1-2H3. The van der Waals surface area contributed by atoms with Crippen molar-refractivity contribution < 1.29 is 0 Å². The smallest absolute Gasteiger partial charge is 0.0418 e. The summed E-state index contributed by atoms with van der Waals surface area (Å²) in [6.45, 7) is 20.2. The monoisotopic (exact) mass is 455 g/mol. The van der Waals surface area contributed by atoms with Crippen LogP contribution in [0.3, 0.4) is 0 Å². The molecule has 0 radical (unpaired) electrons. The number of benzene rings is 3. The summed E-state index contributed by atoms with van der Waals surface area (Å²) in [6, 6.07) is 25.0. The third-order valence-electron chi connectivity index (χ3n) is 6.11. The van der Waals surface area contributed by atoms with Gasteiger partial charge in [0.1, 0.15) is 0 Å². The molecule has 0 fully saturated rings. The number of hydrogen-bond acceptors (Lipinski definition) is 0. The number of halogens is 1. The van der Waals surface area contributed by atoms with Crippen LogP contribution in [0, 0.1) is 5.92 Å². The summed E-state index contributed by atoms with van der Waals surface area (Å²) in [5, 5.41) is 5.28. The van der Waals surface area contributed by atoms with Crippen LogP contribution in [-0.4, -0.2) is 4.57 Å². The van der Waals surface area contributed by atoms with E-state index in [0.29, 0.717) is 5.92 Å². The van der Waals surface area contributed by atoms with Gasteiger partial charge in [0, 0.05) is 33.0 Å². The molecule has 1 unspecified atom stereocenters. The van der Waals surface area contributed by atoms with E-state index in [1.807, 2.05) is 38.1 Å². The van der Waals surface area contributed by atoms with Crippen molar-refractivity contribution in [1.29, 1.82) is 0 Å². The second kappa shape index (κ2) is 11.2. The third kappa shape index (κ3) is 5.67. The second-order valence-corrected chi connectivity index (χ2v) is 8.81. The Hall–Kier alpha value is -3.03. The number of fused-ring (bicyclic) bond motifs is 1. The normalized spacial score (nSPS) is 11.6. The molecule has 4 rings (SSSR count). The molecule has 4 aromatic rings. The summed E-state index contributed by atoms with van der Waals surface area (Å²) < 4.78 is 2.25. The van der Waals surface area contributed by atoms with Gasteiger partial charge in [0.2, 0.25) is 0 Å². The molecule has 1 heterocycles. The van der Waals surface area contributed by atoms with Gasteiger partial charge in [0.15, 0.2) is 0 Å². The molecule has 0 saturated carbocycles. The minimum atomic E-state index is 0.521. The lowest BCUT2D eigenvalue weighted by molar-refractivity contribution is 0.483. The van der Waals surface area contributed by atoms with Crippen LogP contribution in [0.15, 0.2) is 79.4 Å². The van der Waals surface area contributed by atoms with Crippen LogP contribution in [0.5, 0.6) is 0 Å². The van der Waals surface area contributed by atoms with Crippen molar-refractivity contribution >= 4 is 41.1 Å². The number of nitrogens with zero attached hydrogens (tertiary/aromatic N) is 1. The molecule has 0 aliphatic rings. The molecule has 1 aromatic heterocycles. The van der Waals surface area contributed by atoms with Crippen molar-refractivity contribution in [2.75, 3.05) is 0 Å². The van der Waals surface area contributed by atoms with E-state index >= 15 is 0 Å². The van der Waals surface area contributed by atoms with Crippen LogP contribution in [0.2, 0.25) is 5.02 Å². The molecule has 0 amide bonds. The van der Waals surface area contributed by atoms with Crippen LogP contribution in [0.1, 0.15) is 39.2 Å². The predicted octanol–water partition coefficient (Wildman–Crippen LogP) is 7.94. The van der Waals surface area contributed by atoms with Gasteiger partial charge in [-0.2, -0.15) is 0 Å². The van der Waals surface area contributed by atoms with Crippen molar-refractivity contribution in [1.82, 2.24) is 4.57 Å². The molecule has 0 spiro atoms. The number of hydrogen-bond donors (Lipinski definition) is 0. The van der Waals surface area contributed by atoms with Crippen molar-refractivity contribution in [2.45, 2.75) is 40.2 Å². The van der Waals surface area contributed by atoms with Gasteiger partial charge in [0.05, 0.1) is 0 Å². The molecule has 2 heteroatoms. The number of aromatic nitrogens is 1. The third-order valence-corrected chi connectivity index (χ3v) is 6.36. The van der Waals surface area contributed by atoms with Crippen LogP contribution >= 0.6 is 11.6 Å². The minimum absolute atomic E-state index is 0.521. The van der Waals surface area contributed by atoms with Gasteiger partial charge in [-0.15, -0.1) is 0 Å². The van der Waals surface area contributed by atoms with E-state index in [4.69, 9.17) is 11.6 Å². The van der Waals surface area contributed by atoms with Gasteiger partial charge in [-0.1, -0.05) is 113 Å². The molecule has 0 saturated heterocycles. The maximum Gasteiger partial charge on any atom is 0.0418 e. The molecule has 0 N–H and O–H groups in total. The van der Waals surface area contributed by atoms with E-state index < -0.39 is 0 Å². The average molecular weight is 456 g/mol. The highest BCUT2D eigenvalue weighted by atomic mass is 35.5. The molecular formula is C31H34ClN. The average Bonchev–Trinajstić information content (AvgIpc) is 3.09. The Labute approximate surface area is 203 Å².